The minimum atomic E-state index is -3.47. The second-order valence-electron chi connectivity index (χ2n) is 7.65. The normalized spacial score (nSPS) is 16.0. The van der Waals surface area contributed by atoms with Crippen molar-refractivity contribution in [3.05, 3.63) is 59.2 Å². The molecule has 2 aromatic carbocycles. The maximum atomic E-state index is 12.8. The molecule has 156 valence electrons. The summed E-state index contributed by atoms with van der Waals surface area (Å²) in [6.45, 7) is 8.42. The Morgan fingerprint density at radius 3 is 2.34 bits per heavy atom. The second kappa shape index (κ2) is 9.07. The van der Waals surface area contributed by atoms with Gasteiger partial charge in [-0.3, -0.25) is 4.79 Å². The molecule has 1 aliphatic rings. The Morgan fingerprint density at radius 1 is 1.07 bits per heavy atom. The second-order valence-corrected chi connectivity index (χ2v) is 9.59. The van der Waals surface area contributed by atoms with Crippen molar-refractivity contribution in [2.75, 3.05) is 38.0 Å². The van der Waals surface area contributed by atoms with E-state index in [9.17, 15) is 13.2 Å². The van der Waals surface area contributed by atoms with E-state index in [4.69, 9.17) is 0 Å². The summed E-state index contributed by atoms with van der Waals surface area (Å²) in [5.74, 6) is -0.0289. The highest BCUT2D eigenvalue weighted by molar-refractivity contribution is 7.89. The molecule has 0 atom stereocenters. The van der Waals surface area contributed by atoms with Crippen molar-refractivity contribution in [3.8, 4) is 0 Å². The number of carbonyl (C=O) groups excluding carboxylic acids is 1. The molecule has 0 aliphatic carbocycles. The molecule has 1 heterocycles. The van der Waals surface area contributed by atoms with E-state index >= 15 is 0 Å². The van der Waals surface area contributed by atoms with Gasteiger partial charge in [0.05, 0.1) is 31.1 Å². The number of rotatable bonds is 6. The van der Waals surface area contributed by atoms with Crippen LogP contribution in [-0.4, -0.2) is 51.4 Å². The van der Waals surface area contributed by atoms with Gasteiger partial charge in [0.25, 0.3) is 5.91 Å². The molecule has 0 radical (unpaired) electrons. The van der Waals surface area contributed by atoms with Gasteiger partial charge < -0.3 is 10.2 Å². The van der Waals surface area contributed by atoms with Gasteiger partial charge in [0.15, 0.2) is 6.54 Å². The van der Waals surface area contributed by atoms with Crippen molar-refractivity contribution < 1.29 is 18.1 Å². The molecule has 2 aromatic rings. The third-order valence-electron chi connectivity index (χ3n) is 5.50. The summed E-state index contributed by atoms with van der Waals surface area (Å²) in [5, 5.41) is 3.06. The Hall–Kier alpha value is -2.22. The van der Waals surface area contributed by atoms with Crippen molar-refractivity contribution >= 4 is 21.6 Å². The lowest BCUT2D eigenvalue weighted by Gasteiger charge is -2.31. The summed E-state index contributed by atoms with van der Waals surface area (Å²) in [7, 11) is -3.47. The molecular weight excluding hydrogens is 386 g/mol. The highest BCUT2D eigenvalue weighted by Gasteiger charge is 2.31. The number of anilines is 1. The van der Waals surface area contributed by atoms with Gasteiger partial charge in [0.2, 0.25) is 10.0 Å². The number of piperazine rings is 1. The fourth-order valence-electron chi connectivity index (χ4n) is 3.69. The van der Waals surface area contributed by atoms with Crippen molar-refractivity contribution in [2.24, 2.45) is 0 Å². The molecule has 1 amide bonds. The SMILES string of the molecule is CCc1cccc(C)c1NC(=O)C[NH+]1CCN(S(=O)(=O)c2ccc(C)cc2)CC1. The van der Waals surface area contributed by atoms with E-state index in [0.29, 0.717) is 37.6 Å². The van der Waals surface area contributed by atoms with Gasteiger partial charge in [0, 0.05) is 5.69 Å². The maximum absolute atomic E-state index is 12.8. The highest BCUT2D eigenvalue weighted by atomic mass is 32.2. The zero-order valence-corrected chi connectivity index (χ0v) is 18.2. The maximum Gasteiger partial charge on any atom is 0.279 e. The van der Waals surface area contributed by atoms with E-state index in [-0.39, 0.29) is 5.91 Å². The average molecular weight is 417 g/mol. The van der Waals surface area contributed by atoms with E-state index in [1.165, 1.54) is 4.31 Å². The largest absolute Gasteiger partial charge is 0.325 e. The molecule has 0 saturated carbocycles. The predicted octanol–water partition coefficient (Wildman–Crippen LogP) is 1.39. The van der Waals surface area contributed by atoms with Crippen molar-refractivity contribution in [1.29, 1.82) is 0 Å². The summed E-state index contributed by atoms with van der Waals surface area (Å²) >= 11 is 0. The number of nitrogens with zero attached hydrogens (tertiary/aromatic N) is 1. The smallest absolute Gasteiger partial charge is 0.279 e. The molecule has 1 saturated heterocycles. The first kappa shape index (κ1) is 21.5. The number of aryl methyl sites for hydroxylation is 3. The number of benzene rings is 2. The quantitative estimate of drug-likeness (QED) is 0.748. The number of amides is 1. The van der Waals surface area contributed by atoms with Crippen LogP contribution in [0.4, 0.5) is 5.69 Å². The van der Waals surface area contributed by atoms with Crippen LogP contribution in [0.5, 0.6) is 0 Å². The predicted molar refractivity (Wildman–Crippen MR) is 115 cm³/mol. The molecule has 7 heteroatoms. The molecular formula is C22H30N3O3S+. The Balaban J connectivity index is 1.57. The van der Waals surface area contributed by atoms with E-state index in [1.54, 1.807) is 12.1 Å². The van der Waals surface area contributed by atoms with E-state index in [0.717, 1.165) is 33.7 Å². The van der Waals surface area contributed by atoms with Crippen LogP contribution in [0.2, 0.25) is 0 Å². The molecule has 0 spiro atoms. The summed E-state index contributed by atoms with van der Waals surface area (Å²) in [5.41, 5.74) is 4.12. The summed E-state index contributed by atoms with van der Waals surface area (Å²) in [4.78, 5) is 14.0. The van der Waals surface area contributed by atoms with Crippen molar-refractivity contribution in [1.82, 2.24) is 4.31 Å². The number of carbonyl (C=O) groups is 1. The number of sulfonamides is 1. The summed E-state index contributed by atoms with van der Waals surface area (Å²) in [6, 6.07) is 13.0. The lowest BCUT2D eigenvalue weighted by atomic mass is 10.1. The molecule has 1 fully saturated rings. The van der Waals surface area contributed by atoms with Gasteiger partial charge >= 0.3 is 0 Å². The molecule has 0 unspecified atom stereocenters. The van der Waals surface area contributed by atoms with Crippen LogP contribution in [-0.2, 0) is 21.2 Å². The van der Waals surface area contributed by atoms with Gasteiger partial charge in [-0.25, -0.2) is 8.42 Å². The fourth-order valence-corrected chi connectivity index (χ4v) is 5.13. The molecule has 0 bridgehead atoms. The minimum absolute atomic E-state index is 0.0289. The minimum Gasteiger partial charge on any atom is -0.325 e. The number of hydrogen-bond donors (Lipinski definition) is 2. The molecule has 6 nitrogen and oxygen atoms in total. The fraction of sp³-hybridized carbons (Fsp3) is 0.409. The van der Waals surface area contributed by atoms with Gasteiger partial charge in [0.1, 0.15) is 0 Å². The Kier molecular flexibility index (Phi) is 6.72. The number of quaternary nitrogens is 1. The van der Waals surface area contributed by atoms with Crippen molar-refractivity contribution in [2.45, 2.75) is 32.1 Å². The molecule has 0 aromatic heterocycles. The monoisotopic (exact) mass is 416 g/mol. The zero-order valence-electron chi connectivity index (χ0n) is 17.4. The molecule has 3 rings (SSSR count). The van der Waals surface area contributed by atoms with Crippen LogP contribution in [0.1, 0.15) is 23.6 Å². The lowest BCUT2D eigenvalue weighted by Crippen LogP contribution is -3.15. The third-order valence-corrected chi connectivity index (χ3v) is 7.42. The van der Waals surface area contributed by atoms with Crippen LogP contribution < -0.4 is 10.2 Å². The van der Waals surface area contributed by atoms with Gasteiger partial charge in [-0.2, -0.15) is 4.31 Å². The summed E-state index contributed by atoms with van der Waals surface area (Å²) in [6.07, 6.45) is 0.861. The Bertz CT molecular complexity index is 963. The van der Waals surface area contributed by atoms with Crippen LogP contribution in [0.3, 0.4) is 0 Å². The van der Waals surface area contributed by atoms with Crippen LogP contribution in [0, 0.1) is 13.8 Å². The zero-order chi connectivity index (χ0) is 21.0. The van der Waals surface area contributed by atoms with Gasteiger partial charge in [-0.15, -0.1) is 0 Å². The number of para-hydroxylation sites is 1. The highest BCUT2D eigenvalue weighted by Crippen LogP contribution is 2.21. The molecule has 29 heavy (non-hydrogen) atoms. The third kappa shape index (κ3) is 5.04. The number of hydrogen-bond acceptors (Lipinski definition) is 3. The Morgan fingerprint density at radius 2 is 1.72 bits per heavy atom. The standard InChI is InChI=1S/C22H29N3O3S/c1-4-19-7-5-6-18(3)22(19)23-21(26)16-24-12-14-25(15-13-24)29(27,28)20-10-8-17(2)9-11-20/h5-11H,4,12-16H2,1-3H3,(H,23,26)/p+1. The summed E-state index contributed by atoms with van der Waals surface area (Å²) < 4.78 is 27.2. The molecule has 1 aliphatic heterocycles. The van der Waals surface area contributed by atoms with Crippen molar-refractivity contribution in [3.63, 3.8) is 0 Å². The van der Waals surface area contributed by atoms with Gasteiger partial charge in [-0.1, -0.05) is 42.8 Å². The van der Waals surface area contributed by atoms with E-state index in [2.05, 4.69) is 12.2 Å². The average Bonchev–Trinajstić information content (AvgIpc) is 2.70. The van der Waals surface area contributed by atoms with Gasteiger partial charge in [-0.05, 0) is 43.5 Å². The lowest BCUT2D eigenvalue weighted by molar-refractivity contribution is -0.895. The van der Waals surface area contributed by atoms with Crippen LogP contribution in [0.25, 0.3) is 0 Å². The first-order chi connectivity index (χ1) is 13.8. The molecule has 2 N–H and O–H groups in total. The first-order valence-electron chi connectivity index (χ1n) is 10.1. The van der Waals surface area contributed by atoms with Crippen LogP contribution in [0.15, 0.2) is 47.4 Å². The van der Waals surface area contributed by atoms with Crippen LogP contribution >= 0.6 is 0 Å². The first-order valence-corrected chi connectivity index (χ1v) is 11.5. The Labute approximate surface area is 173 Å². The number of nitrogens with one attached hydrogen (secondary N) is 2. The van der Waals surface area contributed by atoms with E-state index < -0.39 is 10.0 Å². The topological polar surface area (TPSA) is 70.9 Å². The van der Waals surface area contributed by atoms with E-state index in [1.807, 2.05) is 44.2 Å².